The van der Waals surface area contributed by atoms with E-state index >= 15 is 0 Å². The maximum Gasteiger partial charge on any atom is 0.235 e. The minimum absolute atomic E-state index is 0.207. The number of hydrogen-bond acceptors (Lipinski definition) is 3. The van der Waals surface area contributed by atoms with E-state index in [2.05, 4.69) is 26.2 Å². The highest BCUT2D eigenvalue weighted by atomic mass is 79.9. The molecule has 2 amide bonds. The van der Waals surface area contributed by atoms with Crippen LogP contribution in [0.25, 0.3) is 5.52 Å². The molecule has 0 aromatic carbocycles. The summed E-state index contributed by atoms with van der Waals surface area (Å²) in [4.78, 5) is 27.3. The summed E-state index contributed by atoms with van der Waals surface area (Å²) in [5.74, 6) is -0.810. The molecule has 1 aliphatic heterocycles. The van der Waals surface area contributed by atoms with Gasteiger partial charge in [-0.2, -0.15) is 0 Å². The zero-order valence-corrected chi connectivity index (χ0v) is 11.0. The molecule has 1 atom stereocenters. The Hall–Kier alpha value is -1.69. The van der Waals surface area contributed by atoms with Gasteiger partial charge in [0.15, 0.2) is 0 Å². The van der Waals surface area contributed by atoms with Gasteiger partial charge in [0.1, 0.15) is 0 Å². The van der Waals surface area contributed by atoms with Crippen molar-refractivity contribution in [1.82, 2.24) is 14.7 Å². The normalized spacial score (nSPS) is 20.2. The van der Waals surface area contributed by atoms with Crippen LogP contribution >= 0.6 is 15.9 Å². The quantitative estimate of drug-likeness (QED) is 0.814. The first kappa shape index (κ1) is 11.4. The second kappa shape index (κ2) is 4.20. The Labute approximate surface area is 111 Å². The number of amides is 2. The van der Waals surface area contributed by atoms with Crippen LogP contribution in [0.5, 0.6) is 0 Å². The van der Waals surface area contributed by atoms with Crippen molar-refractivity contribution < 1.29 is 9.59 Å². The second-order valence-corrected chi connectivity index (χ2v) is 5.19. The van der Waals surface area contributed by atoms with Crippen molar-refractivity contribution in [3.63, 3.8) is 0 Å². The van der Waals surface area contributed by atoms with E-state index < -0.39 is 0 Å². The monoisotopic (exact) mass is 307 g/mol. The number of hydrogen-bond donors (Lipinski definition) is 1. The van der Waals surface area contributed by atoms with E-state index in [1.54, 1.807) is 6.33 Å². The number of piperidine rings is 1. The summed E-state index contributed by atoms with van der Waals surface area (Å²) in [5, 5.41) is 2.36. The first-order chi connectivity index (χ1) is 8.65. The molecule has 1 N–H and O–H groups in total. The van der Waals surface area contributed by atoms with Crippen LogP contribution < -0.4 is 5.32 Å². The maximum absolute atomic E-state index is 11.8. The lowest BCUT2D eigenvalue weighted by Gasteiger charge is -2.19. The second-order valence-electron chi connectivity index (χ2n) is 4.27. The van der Waals surface area contributed by atoms with Gasteiger partial charge in [-0.05, 0) is 18.6 Å². The Morgan fingerprint density at radius 2 is 2.28 bits per heavy atom. The van der Waals surface area contributed by atoms with E-state index in [4.69, 9.17) is 0 Å². The van der Waals surface area contributed by atoms with Gasteiger partial charge >= 0.3 is 0 Å². The molecule has 0 bridgehead atoms. The molecule has 2 aromatic rings. The fourth-order valence-electron chi connectivity index (χ4n) is 2.21. The average Bonchev–Trinajstić information content (AvgIpc) is 2.72. The lowest BCUT2D eigenvalue weighted by Crippen LogP contribution is -2.39. The van der Waals surface area contributed by atoms with Crippen molar-refractivity contribution in [3.05, 3.63) is 34.8 Å². The van der Waals surface area contributed by atoms with E-state index in [0.717, 1.165) is 15.7 Å². The summed E-state index contributed by atoms with van der Waals surface area (Å²) in [7, 11) is 0. The van der Waals surface area contributed by atoms with E-state index in [1.165, 1.54) is 0 Å². The molecule has 2 aromatic heterocycles. The van der Waals surface area contributed by atoms with Crippen molar-refractivity contribution >= 4 is 33.3 Å². The van der Waals surface area contributed by atoms with E-state index in [9.17, 15) is 9.59 Å². The molecule has 3 heterocycles. The molecule has 18 heavy (non-hydrogen) atoms. The molecule has 3 rings (SSSR count). The van der Waals surface area contributed by atoms with Crippen LogP contribution in [-0.2, 0) is 9.59 Å². The SMILES string of the molecule is O=C1CCC(c2ncn3ccc(Br)cc23)C(=O)N1. The number of carbonyl (C=O) groups is 2. The van der Waals surface area contributed by atoms with Crippen molar-refractivity contribution in [2.45, 2.75) is 18.8 Å². The number of aromatic nitrogens is 2. The van der Waals surface area contributed by atoms with Gasteiger partial charge in [0.05, 0.1) is 23.5 Å². The van der Waals surface area contributed by atoms with Crippen LogP contribution in [0.15, 0.2) is 29.1 Å². The van der Waals surface area contributed by atoms with Crippen LogP contribution in [-0.4, -0.2) is 21.2 Å². The minimum Gasteiger partial charge on any atom is -0.306 e. The van der Waals surface area contributed by atoms with Gasteiger partial charge in [0, 0.05) is 17.1 Å². The largest absolute Gasteiger partial charge is 0.306 e. The van der Waals surface area contributed by atoms with Crippen molar-refractivity contribution in [1.29, 1.82) is 0 Å². The van der Waals surface area contributed by atoms with Gasteiger partial charge in [0.25, 0.3) is 0 Å². The number of nitrogens with one attached hydrogen (secondary N) is 1. The molecule has 1 unspecified atom stereocenters. The number of rotatable bonds is 1. The molecule has 5 nitrogen and oxygen atoms in total. The topological polar surface area (TPSA) is 63.5 Å². The third-order valence-electron chi connectivity index (χ3n) is 3.10. The molecule has 0 aliphatic carbocycles. The number of fused-ring (bicyclic) bond motifs is 1. The van der Waals surface area contributed by atoms with Crippen LogP contribution in [0, 0.1) is 0 Å². The molecule has 1 saturated heterocycles. The Morgan fingerprint density at radius 3 is 3.06 bits per heavy atom. The van der Waals surface area contributed by atoms with E-state index in [1.807, 2.05) is 22.7 Å². The minimum atomic E-state index is -0.345. The molecule has 0 spiro atoms. The van der Waals surface area contributed by atoms with Crippen LogP contribution in [0.3, 0.4) is 0 Å². The van der Waals surface area contributed by atoms with Gasteiger partial charge in [-0.3, -0.25) is 14.9 Å². The maximum atomic E-state index is 11.8. The highest BCUT2D eigenvalue weighted by Crippen LogP contribution is 2.28. The average molecular weight is 308 g/mol. The van der Waals surface area contributed by atoms with Crippen LogP contribution in [0.2, 0.25) is 0 Å². The fourth-order valence-corrected chi connectivity index (χ4v) is 2.54. The van der Waals surface area contributed by atoms with Crippen LogP contribution in [0.4, 0.5) is 0 Å². The summed E-state index contributed by atoms with van der Waals surface area (Å²) < 4.78 is 2.80. The molecule has 1 aliphatic rings. The fraction of sp³-hybridized carbons (Fsp3) is 0.250. The van der Waals surface area contributed by atoms with Gasteiger partial charge in [-0.25, -0.2) is 4.98 Å². The number of halogens is 1. The molecular weight excluding hydrogens is 298 g/mol. The number of nitrogens with zero attached hydrogens (tertiary/aromatic N) is 2. The van der Waals surface area contributed by atoms with Gasteiger partial charge in [0.2, 0.25) is 11.8 Å². The molecule has 6 heteroatoms. The first-order valence-electron chi connectivity index (χ1n) is 5.61. The summed E-state index contributed by atoms with van der Waals surface area (Å²) in [6, 6.07) is 3.83. The standard InChI is InChI=1S/C12H10BrN3O2/c13-7-3-4-16-6-14-11(9(16)5-7)8-1-2-10(17)15-12(8)18/h3-6,8H,1-2H2,(H,15,17,18). The first-order valence-corrected chi connectivity index (χ1v) is 6.40. The lowest BCUT2D eigenvalue weighted by atomic mass is 9.94. The number of imidazole rings is 1. The Balaban J connectivity index is 2.06. The summed E-state index contributed by atoms with van der Waals surface area (Å²) in [5.41, 5.74) is 1.61. The number of carbonyl (C=O) groups excluding carboxylic acids is 2. The molecule has 0 radical (unpaired) electrons. The van der Waals surface area contributed by atoms with Gasteiger partial charge in [-0.1, -0.05) is 15.9 Å². The third kappa shape index (κ3) is 1.82. The summed E-state index contributed by atoms with van der Waals surface area (Å²) in [6.07, 6.45) is 4.44. The Kier molecular flexibility index (Phi) is 2.66. The van der Waals surface area contributed by atoms with Crippen LogP contribution in [0.1, 0.15) is 24.5 Å². The highest BCUT2D eigenvalue weighted by molar-refractivity contribution is 9.10. The van der Waals surface area contributed by atoms with Gasteiger partial charge < -0.3 is 4.40 Å². The number of pyridine rings is 1. The van der Waals surface area contributed by atoms with Gasteiger partial charge in [-0.15, -0.1) is 0 Å². The Bertz CT molecular complexity index is 650. The lowest BCUT2D eigenvalue weighted by molar-refractivity contribution is -0.134. The Morgan fingerprint density at radius 1 is 1.44 bits per heavy atom. The number of imide groups is 1. The summed E-state index contributed by atoms with van der Waals surface area (Å²) >= 11 is 3.40. The third-order valence-corrected chi connectivity index (χ3v) is 3.59. The highest BCUT2D eigenvalue weighted by Gasteiger charge is 2.30. The zero-order valence-electron chi connectivity index (χ0n) is 9.39. The van der Waals surface area contributed by atoms with Crippen molar-refractivity contribution in [2.75, 3.05) is 0 Å². The van der Waals surface area contributed by atoms with E-state index in [0.29, 0.717) is 12.8 Å². The molecule has 1 fully saturated rings. The molecular formula is C12H10BrN3O2. The molecule has 0 saturated carbocycles. The van der Waals surface area contributed by atoms with E-state index in [-0.39, 0.29) is 17.7 Å². The van der Waals surface area contributed by atoms with Crippen molar-refractivity contribution in [3.8, 4) is 0 Å². The summed E-state index contributed by atoms with van der Waals surface area (Å²) in [6.45, 7) is 0. The predicted molar refractivity (Wildman–Crippen MR) is 68.0 cm³/mol. The van der Waals surface area contributed by atoms with Crippen molar-refractivity contribution in [2.24, 2.45) is 0 Å². The molecule has 92 valence electrons. The smallest absolute Gasteiger partial charge is 0.235 e. The predicted octanol–water partition coefficient (Wildman–Crippen LogP) is 1.62. The zero-order chi connectivity index (χ0) is 12.7.